The zero-order valence-corrected chi connectivity index (χ0v) is 21.7. The van der Waals surface area contributed by atoms with Gasteiger partial charge < -0.3 is 20.5 Å². The van der Waals surface area contributed by atoms with Crippen molar-refractivity contribution in [2.45, 2.75) is 20.8 Å². The number of benzene rings is 1. The van der Waals surface area contributed by atoms with E-state index >= 15 is 0 Å². The number of rotatable bonds is 7. The molecule has 0 fully saturated rings. The summed E-state index contributed by atoms with van der Waals surface area (Å²) in [6, 6.07) is 16.1. The van der Waals surface area contributed by atoms with E-state index in [1.165, 1.54) is 0 Å². The van der Waals surface area contributed by atoms with Crippen LogP contribution in [0.2, 0.25) is 0 Å². The summed E-state index contributed by atoms with van der Waals surface area (Å²) >= 11 is 0. The summed E-state index contributed by atoms with van der Waals surface area (Å²) in [4.78, 5) is 23.6. The molecule has 0 aliphatic carbocycles. The van der Waals surface area contributed by atoms with Gasteiger partial charge in [-0.1, -0.05) is 6.08 Å². The SMILES string of the molecule is C/C(=C\C=C(/C)c1nc2nc(Nc3ccnc(C)c3)ccc2[nH]1)Nc1ccnc2ccc(N(C)C)cc12. The van der Waals surface area contributed by atoms with Gasteiger partial charge in [-0.2, -0.15) is 0 Å². The van der Waals surface area contributed by atoms with E-state index in [1.807, 2.05) is 83.5 Å². The van der Waals surface area contributed by atoms with E-state index in [0.29, 0.717) is 5.65 Å². The zero-order chi connectivity index (χ0) is 25.9. The highest BCUT2D eigenvalue weighted by Crippen LogP contribution is 2.27. The van der Waals surface area contributed by atoms with E-state index in [9.17, 15) is 0 Å². The molecular weight excluding hydrogens is 460 g/mol. The second-order valence-corrected chi connectivity index (χ2v) is 9.24. The van der Waals surface area contributed by atoms with Gasteiger partial charge in [0.05, 0.1) is 11.0 Å². The van der Waals surface area contributed by atoms with Crippen molar-refractivity contribution in [2.75, 3.05) is 29.6 Å². The minimum Gasteiger partial charge on any atom is -0.378 e. The van der Waals surface area contributed by atoms with Crippen molar-refractivity contribution in [3.8, 4) is 0 Å². The highest BCUT2D eigenvalue weighted by molar-refractivity contribution is 5.94. The maximum atomic E-state index is 4.71. The van der Waals surface area contributed by atoms with Crippen LogP contribution >= 0.6 is 0 Å². The molecule has 1 aromatic carbocycles. The molecule has 5 aromatic rings. The molecule has 0 amide bonds. The smallest absolute Gasteiger partial charge is 0.180 e. The van der Waals surface area contributed by atoms with Gasteiger partial charge in [0, 0.05) is 60.3 Å². The van der Waals surface area contributed by atoms with Crippen molar-refractivity contribution in [1.82, 2.24) is 24.9 Å². The van der Waals surface area contributed by atoms with Gasteiger partial charge in [0.1, 0.15) is 11.6 Å². The number of nitrogens with zero attached hydrogens (tertiary/aromatic N) is 5. The fraction of sp³-hybridized carbons (Fsp3) is 0.172. The summed E-state index contributed by atoms with van der Waals surface area (Å²) in [6.45, 7) is 6.04. The molecule has 0 saturated heterocycles. The highest BCUT2D eigenvalue weighted by Gasteiger charge is 2.08. The number of aromatic nitrogens is 5. The fourth-order valence-electron chi connectivity index (χ4n) is 4.02. The Morgan fingerprint density at radius 2 is 1.76 bits per heavy atom. The van der Waals surface area contributed by atoms with E-state index in [4.69, 9.17) is 4.98 Å². The minimum atomic E-state index is 0.664. The van der Waals surface area contributed by atoms with Crippen molar-refractivity contribution >= 4 is 50.5 Å². The lowest BCUT2D eigenvalue weighted by atomic mass is 10.1. The third-order valence-corrected chi connectivity index (χ3v) is 6.05. The van der Waals surface area contributed by atoms with Crippen molar-refractivity contribution in [3.63, 3.8) is 0 Å². The Morgan fingerprint density at radius 1 is 0.919 bits per heavy atom. The first-order valence-corrected chi connectivity index (χ1v) is 12.1. The van der Waals surface area contributed by atoms with Crippen LogP contribution in [0.4, 0.5) is 22.9 Å². The van der Waals surface area contributed by atoms with E-state index in [1.54, 1.807) is 6.20 Å². The predicted octanol–water partition coefficient (Wildman–Crippen LogP) is 6.44. The van der Waals surface area contributed by atoms with Crippen LogP contribution in [0.1, 0.15) is 25.4 Å². The van der Waals surface area contributed by atoms with Crippen LogP contribution in [0.25, 0.3) is 27.6 Å². The molecule has 8 nitrogen and oxygen atoms in total. The van der Waals surface area contributed by atoms with E-state index in [0.717, 1.165) is 62.1 Å². The standard InChI is InChI=1S/C29H30N8/c1-18(6-7-19(2)32-25-13-15-31-24-9-8-22(37(4)5)17-23(24)25)28-34-26-10-11-27(35-29(26)36-28)33-21-12-14-30-20(3)16-21/h6-17H,1-5H3,(H,31,32)(H2,30,33,34,35,36)/b18-6+,19-7+. The van der Waals surface area contributed by atoms with Crippen LogP contribution in [0.5, 0.6) is 0 Å². The van der Waals surface area contributed by atoms with Crippen molar-refractivity contribution in [1.29, 1.82) is 0 Å². The van der Waals surface area contributed by atoms with Gasteiger partial charge in [-0.3, -0.25) is 9.97 Å². The van der Waals surface area contributed by atoms with E-state index < -0.39 is 0 Å². The van der Waals surface area contributed by atoms with Crippen molar-refractivity contribution in [3.05, 3.63) is 90.3 Å². The summed E-state index contributed by atoms with van der Waals surface area (Å²) in [5.41, 5.74) is 8.57. The van der Waals surface area contributed by atoms with Crippen molar-refractivity contribution < 1.29 is 0 Å². The largest absolute Gasteiger partial charge is 0.378 e. The Balaban J connectivity index is 1.34. The van der Waals surface area contributed by atoms with Gasteiger partial charge in [-0.25, -0.2) is 9.97 Å². The lowest BCUT2D eigenvalue weighted by Crippen LogP contribution is -2.08. The molecule has 5 rings (SSSR count). The second-order valence-electron chi connectivity index (χ2n) is 9.24. The van der Waals surface area contributed by atoms with Gasteiger partial charge in [0.2, 0.25) is 0 Å². The first kappa shape index (κ1) is 24.0. The van der Waals surface area contributed by atoms with Crippen LogP contribution in [-0.4, -0.2) is 39.0 Å². The van der Waals surface area contributed by atoms with Gasteiger partial charge in [0.15, 0.2) is 5.65 Å². The molecule has 8 heteroatoms. The van der Waals surface area contributed by atoms with Crippen LogP contribution in [0, 0.1) is 6.92 Å². The monoisotopic (exact) mass is 490 g/mol. The number of pyridine rings is 3. The maximum absolute atomic E-state index is 4.71. The number of aromatic amines is 1. The summed E-state index contributed by atoms with van der Waals surface area (Å²) in [6.07, 6.45) is 7.71. The first-order valence-electron chi connectivity index (χ1n) is 12.1. The number of imidazole rings is 1. The normalized spacial score (nSPS) is 12.2. The second kappa shape index (κ2) is 10.1. The van der Waals surface area contributed by atoms with Gasteiger partial charge in [0.25, 0.3) is 0 Å². The van der Waals surface area contributed by atoms with Gasteiger partial charge in [-0.05, 0) is 81.0 Å². The van der Waals surface area contributed by atoms with Crippen molar-refractivity contribution in [2.24, 2.45) is 0 Å². The molecule has 186 valence electrons. The number of hydrogen-bond donors (Lipinski definition) is 3. The lowest BCUT2D eigenvalue weighted by molar-refractivity contribution is 1.13. The summed E-state index contributed by atoms with van der Waals surface area (Å²) in [5.74, 6) is 1.52. The Labute approximate surface area is 216 Å². The number of allylic oxidation sites excluding steroid dienone is 4. The van der Waals surface area contributed by atoms with E-state index in [-0.39, 0.29) is 0 Å². The quantitative estimate of drug-likeness (QED) is 0.226. The molecule has 4 heterocycles. The topological polar surface area (TPSA) is 94.7 Å². The molecule has 0 radical (unpaired) electrons. The van der Waals surface area contributed by atoms with Crippen LogP contribution in [0.15, 0.2) is 78.8 Å². The van der Waals surface area contributed by atoms with Crippen LogP contribution < -0.4 is 15.5 Å². The van der Waals surface area contributed by atoms with Crippen LogP contribution in [-0.2, 0) is 0 Å². The van der Waals surface area contributed by atoms with E-state index in [2.05, 4.69) is 53.7 Å². The number of aryl methyl sites for hydroxylation is 1. The first-order chi connectivity index (χ1) is 17.9. The summed E-state index contributed by atoms with van der Waals surface area (Å²) in [5, 5.41) is 7.92. The molecule has 0 spiro atoms. The molecule has 0 saturated carbocycles. The highest BCUT2D eigenvalue weighted by atomic mass is 15.1. The predicted molar refractivity (Wildman–Crippen MR) is 153 cm³/mol. The summed E-state index contributed by atoms with van der Waals surface area (Å²) < 4.78 is 0. The number of H-pyrrole nitrogens is 1. The Bertz CT molecular complexity index is 1640. The van der Waals surface area contributed by atoms with Crippen LogP contribution in [0.3, 0.4) is 0 Å². The molecule has 3 N–H and O–H groups in total. The average Bonchev–Trinajstić information content (AvgIpc) is 3.31. The molecule has 4 aromatic heterocycles. The van der Waals surface area contributed by atoms with Gasteiger partial charge >= 0.3 is 0 Å². The molecule has 0 aliphatic heterocycles. The third kappa shape index (κ3) is 5.43. The number of fused-ring (bicyclic) bond motifs is 2. The molecule has 0 atom stereocenters. The number of hydrogen-bond acceptors (Lipinski definition) is 7. The molecule has 37 heavy (non-hydrogen) atoms. The Kier molecular flexibility index (Phi) is 6.55. The lowest BCUT2D eigenvalue weighted by Gasteiger charge is -2.15. The number of anilines is 4. The maximum Gasteiger partial charge on any atom is 0.180 e. The Morgan fingerprint density at radius 3 is 2.57 bits per heavy atom. The Hall–Kier alpha value is -4.72. The molecular formula is C29H30N8. The molecule has 0 bridgehead atoms. The molecule has 0 aliphatic rings. The zero-order valence-electron chi connectivity index (χ0n) is 21.7. The fourth-order valence-corrected chi connectivity index (χ4v) is 4.02. The minimum absolute atomic E-state index is 0.664. The summed E-state index contributed by atoms with van der Waals surface area (Å²) in [7, 11) is 4.08. The van der Waals surface area contributed by atoms with Gasteiger partial charge in [-0.15, -0.1) is 0 Å². The average molecular weight is 491 g/mol. The molecule has 0 unspecified atom stereocenters. The third-order valence-electron chi connectivity index (χ3n) is 6.05. The number of nitrogens with one attached hydrogen (secondary N) is 3.